The summed E-state index contributed by atoms with van der Waals surface area (Å²) in [4.78, 5) is 19.0. The fraction of sp³-hybridized carbons (Fsp3) is 0.467. The quantitative estimate of drug-likeness (QED) is 0.237. The van der Waals surface area contributed by atoms with E-state index in [9.17, 15) is 0 Å². The first-order valence-electron chi connectivity index (χ1n) is 14.8. The molecule has 0 spiro atoms. The lowest BCUT2D eigenvalue weighted by Crippen LogP contribution is -2.49. The summed E-state index contributed by atoms with van der Waals surface area (Å²) in [6.45, 7) is 12.5. The van der Waals surface area contributed by atoms with E-state index in [4.69, 9.17) is 14.5 Å². The Morgan fingerprint density at radius 1 is 1.07 bits per heavy atom. The number of anilines is 5. The number of morpholine rings is 1. The third-order valence-corrected chi connectivity index (χ3v) is 10.2. The zero-order valence-electron chi connectivity index (χ0n) is 25.2. The number of hydrogen-bond acceptors (Lipinski definition) is 10. The molecule has 0 radical (unpaired) electrons. The maximum Gasteiger partial charge on any atom is 0.229 e. The van der Waals surface area contributed by atoms with Crippen molar-refractivity contribution in [3.8, 4) is 5.75 Å². The molecule has 228 valence electrons. The largest absolute Gasteiger partial charge is 0.494 e. The van der Waals surface area contributed by atoms with Crippen LogP contribution in [0.5, 0.6) is 5.75 Å². The molecule has 2 aliphatic rings. The average Bonchev–Trinajstić information content (AvgIpc) is 3.51. The van der Waals surface area contributed by atoms with Crippen molar-refractivity contribution in [3.63, 3.8) is 0 Å². The number of methoxy groups -OCH3 is 1. The number of nitrogens with one attached hydrogen (secondary N) is 2. The van der Waals surface area contributed by atoms with Crippen molar-refractivity contribution in [2.45, 2.75) is 32.2 Å². The molecule has 2 fully saturated rings. The van der Waals surface area contributed by atoms with Crippen molar-refractivity contribution in [2.24, 2.45) is 0 Å². The molecule has 0 bridgehead atoms. The second-order valence-electron chi connectivity index (χ2n) is 11.0. The molecule has 0 amide bonds. The monoisotopic (exact) mass is 667 g/mol. The number of ether oxygens (including phenoxy) is 2. The van der Waals surface area contributed by atoms with Crippen LogP contribution in [0.1, 0.15) is 25.3 Å². The number of aromatic nitrogens is 5. The number of rotatable bonds is 9. The van der Waals surface area contributed by atoms with Gasteiger partial charge in [0.25, 0.3) is 0 Å². The van der Waals surface area contributed by atoms with Gasteiger partial charge in [-0.1, -0.05) is 14.8 Å². The summed E-state index contributed by atoms with van der Waals surface area (Å²) in [6.07, 6.45) is 8.49. The van der Waals surface area contributed by atoms with Crippen LogP contribution < -0.4 is 25.6 Å². The molecule has 11 nitrogen and oxygen atoms in total. The van der Waals surface area contributed by atoms with Gasteiger partial charge < -0.3 is 25.0 Å². The summed E-state index contributed by atoms with van der Waals surface area (Å²) < 4.78 is 14.0. The smallest absolute Gasteiger partial charge is 0.229 e. The number of pyridine rings is 1. The number of halogens is 1. The molecular weight excluding hydrogens is 629 g/mol. The number of aryl methyl sites for hydroxylation is 1. The number of nitrogens with zero attached hydrogens (tertiary/aromatic N) is 7. The van der Waals surface area contributed by atoms with Gasteiger partial charge in [-0.3, -0.25) is 4.90 Å². The lowest BCUT2D eigenvalue weighted by atomic mass is 10.00. The molecule has 3 aromatic heterocycles. The lowest BCUT2D eigenvalue weighted by molar-refractivity contribution is 0.0115. The van der Waals surface area contributed by atoms with Crippen molar-refractivity contribution < 1.29 is 9.47 Å². The average molecular weight is 669 g/mol. The summed E-state index contributed by atoms with van der Waals surface area (Å²) in [7, 11) is 1.25. The van der Waals surface area contributed by atoms with Gasteiger partial charge in [0.15, 0.2) is 5.65 Å². The minimum absolute atomic E-state index is 0.459. The highest BCUT2D eigenvalue weighted by Crippen LogP contribution is 2.38. The molecule has 0 atom stereocenters. The normalized spacial score (nSPS) is 16.7. The molecule has 2 aliphatic heterocycles. The zero-order chi connectivity index (χ0) is 29.9. The Kier molecular flexibility index (Phi) is 9.28. The number of fused-ring (bicyclic) bond motifs is 1. The number of piperidine rings is 1. The van der Waals surface area contributed by atoms with Crippen LogP contribution in [0.15, 0.2) is 41.4 Å². The Hall–Kier alpha value is -3.05. The molecule has 6 rings (SSSR count). The first-order valence-corrected chi connectivity index (χ1v) is 17.8. The summed E-state index contributed by atoms with van der Waals surface area (Å²) in [5.41, 5.74) is 5.17. The topological polar surface area (TPSA) is 105 Å². The maximum absolute atomic E-state index is 5.89. The molecule has 13 heteroatoms. The molecule has 0 aliphatic carbocycles. The van der Waals surface area contributed by atoms with Crippen molar-refractivity contribution >= 4 is 63.6 Å². The summed E-state index contributed by atoms with van der Waals surface area (Å²) in [5, 5.41) is 12.4. The van der Waals surface area contributed by atoms with Crippen LogP contribution in [0.2, 0.25) is 0 Å². The van der Waals surface area contributed by atoms with Gasteiger partial charge in [-0.25, -0.2) is 14.5 Å². The van der Waals surface area contributed by atoms with E-state index in [1.807, 2.05) is 12.3 Å². The second kappa shape index (κ2) is 13.3. The third-order valence-electron chi connectivity index (χ3n) is 8.26. The van der Waals surface area contributed by atoms with Gasteiger partial charge in [-0.05, 0) is 66.2 Å². The third kappa shape index (κ3) is 6.43. The molecule has 4 aromatic rings. The van der Waals surface area contributed by atoms with Crippen LogP contribution in [0, 0.1) is 0 Å². The highest BCUT2D eigenvalue weighted by atomic mass is 79.9. The van der Waals surface area contributed by atoms with Crippen LogP contribution in [0.25, 0.3) is 5.65 Å². The molecular formula is C30H39BrN9O2P. The lowest BCUT2D eigenvalue weighted by Gasteiger charge is -2.41. The first kappa shape index (κ1) is 30.0. The second-order valence-corrected chi connectivity index (χ2v) is 14.1. The van der Waals surface area contributed by atoms with E-state index >= 15 is 0 Å². The van der Waals surface area contributed by atoms with Gasteiger partial charge in [-0.2, -0.15) is 10.1 Å². The summed E-state index contributed by atoms with van der Waals surface area (Å²) in [5.74, 6) is 1.91. The van der Waals surface area contributed by atoms with E-state index in [0.717, 1.165) is 91.2 Å². The van der Waals surface area contributed by atoms with Crippen LogP contribution in [-0.4, -0.2) is 95.3 Å². The van der Waals surface area contributed by atoms with Crippen molar-refractivity contribution in [2.75, 3.05) is 75.4 Å². The Morgan fingerprint density at radius 3 is 2.58 bits per heavy atom. The Labute approximate surface area is 262 Å². The van der Waals surface area contributed by atoms with Crippen molar-refractivity contribution in [3.05, 3.63) is 47.0 Å². The Morgan fingerprint density at radius 2 is 1.86 bits per heavy atom. The van der Waals surface area contributed by atoms with E-state index in [2.05, 4.69) is 83.8 Å². The van der Waals surface area contributed by atoms with Gasteiger partial charge in [-0.15, -0.1) is 0 Å². The molecule has 2 N–H and O–H groups in total. The van der Waals surface area contributed by atoms with E-state index in [0.29, 0.717) is 17.8 Å². The predicted octanol–water partition coefficient (Wildman–Crippen LogP) is 5.01. The van der Waals surface area contributed by atoms with E-state index in [1.54, 1.807) is 24.1 Å². The van der Waals surface area contributed by atoms with Crippen LogP contribution in [0.3, 0.4) is 0 Å². The number of benzene rings is 1. The molecule has 5 heterocycles. The molecule has 43 heavy (non-hydrogen) atoms. The minimum atomic E-state index is -0.459. The SMILES string of the molecule is CCc1cc(Nc2ncc(Br)c(Nc3ccn4ncnc4c3P(C)C)n2)c(OC)cc1N1CCC(N2CCOCC2)CC1. The molecule has 0 unspecified atom stereocenters. The fourth-order valence-electron chi connectivity index (χ4n) is 6.05. The standard InChI is InChI=1S/C30H39BrN9O2P/c1-5-20-16-24(26(41-2)17-25(20)39-9-6-21(7-10-39)38-12-14-42-15-13-38)36-30-32-18-22(31)28(37-30)35-23-8-11-40-29(33-19-34-40)27(23)43(3)4/h8,11,16-19,21H,5-7,9-10,12-15H2,1-4H3,(H2,32,35,36,37). The summed E-state index contributed by atoms with van der Waals surface area (Å²) >= 11 is 3.63. The van der Waals surface area contributed by atoms with Gasteiger partial charge in [0.05, 0.1) is 36.2 Å². The van der Waals surface area contributed by atoms with Crippen molar-refractivity contribution in [1.82, 2.24) is 29.5 Å². The predicted molar refractivity (Wildman–Crippen MR) is 178 cm³/mol. The van der Waals surface area contributed by atoms with Gasteiger partial charge >= 0.3 is 0 Å². The first-order chi connectivity index (χ1) is 20.9. The molecule has 2 saturated heterocycles. The fourth-order valence-corrected chi connectivity index (χ4v) is 7.51. The van der Waals surface area contributed by atoms with Gasteiger partial charge in [0.1, 0.15) is 17.9 Å². The maximum atomic E-state index is 5.89. The van der Waals surface area contributed by atoms with E-state index < -0.39 is 7.92 Å². The van der Waals surface area contributed by atoms with Crippen LogP contribution >= 0.6 is 23.9 Å². The summed E-state index contributed by atoms with van der Waals surface area (Å²) in [6, 6.07) is 7.00. The van der Waals surface area contributed by atoms with Gasteiger partial charge in [0, 0.05) is 61.7 Å². The Bertz CT molecular complexity index is 1570. The van der Waals surface area contributed by atoms with E-state index in [-0.39, 0.29) is 0 Å². The molecule has 1 aromatic carbocycles. The van der Waals surface area contributed by atoms with Crippen molar-refractivity contribution in [1.29, 1.82) is 0 Å². The molecule has 0 saturated carbocycles. The Balaban J connectivity index is 1.22. The highest BCUT2D eigenvalue weighted by molar-refractivity contribution is 9.10. The van der Waals surface area contributed by atoms with E-state index in [1.165, 1.54) is 11.3 Å². The van der Waals surface area contributed by atoms with Crippen LogP contribution in [0.4, 0.5) is 28.8 Å². The van der Waals surface area contributed by atoms with Gasteiger partial charge in [0.2, 0.25) is 5.95 Å². The zero-order valence-corrected chi connectivity index (χ0v) is 27.7. The highest BCUT2D eigenvalue weighted by Gasteiger charge is 2.27. The van der Waals surface area contributed by atoms with Crippen LogP contribution in [-0.2, 0) is 11.2 Å². The number of hydrogen-bond donors (Lipinski definition) is 2. The minimum Gasteiger partial charge on any atom is -0.494 e.